The number of aldehydes is 1. The van der Waals surface area contributed by atoms with Gasteiger partial charge in [-0.25, -0.2) is 4.79 Å². The molecule has 2 N–H and O–H groups in total. The summed E-state index contributed by atoms with van der Waals surface area (Å²) < 4.78 is 11.5. The number of esters is 1. The van der Waals surface area contributed by atoms with Crippen LogP contribution in [-0.2, 0) is 28.7 Å². The van der Waals surface area contributed by atoms with Crippen molar-refractivity contribution in [2.24, 2.45) is 23.7 Å². The van der Waals surface area contributed by atoms with Crippen molar-refractivity contribution in [2.45, 2.75) is 122 Å². The predicted octanol–water partition coefficient (Wildman–Crippen LogP) is 4.25. The van der Waals surface area contributed by atoms with Crippen LogP contribution in [0.5, 0.6) is 0 Å². The molecule has 2 heterocycles. The number of carbonyl (C=O) groups is 4. The summed E-state index contributed by atoms with van der Waals surface area (Å²) in [6.07, 6.45) is 11.0. The number of aliphatic hydroxyl groups excluding tert-OH is 1. The molecule has 0 radical (unpaired) electrons. The van der Waals surface area contributed by atoms with E-state index in [2.05, 4.69) is 0 Å². The molecular weight excluding hydrogens is 526 g/mol. The zero-order valence-electron chi connectivity index (χ0n) is 25.1. The van der Waals surface area contributed by atoms with Crippen LogP contribution in [0.4, 0.5) is 0 Å². The predicted molar refractivity (Wildman–Crippen MR) is 153 cm³/mol. The second kappa shape index (κ2) is 15.1. The van der Waals surface area contributed by atoms with E-state index in [1.54, 1.807) is 26.0 Å². The van der Waals surface area contributed by atoms with Gasteiger partial charge in [-0.1, -0.05) is 26.8 Å². The zero-order valence-corrected chi connectivity index (χ0v) is 25.1. The van der Waals surface area contributed by atoms with E-state index in [0.29, 0.717) is 37.2 Å². The van der Waals surface area contributed by atoms with Crippen molar-refractivity contribution in [2.75, 3.05) is 6.54 Å². The third-order valence-electron chi connectivity index (χ3n) is 9.16. The standard InChI is InChI=1S/C32H49NO8/c1-21(20-34)16-22(2)28(36)18-29(23(3)17-25-10-12-26(35)13-11-25)41-31(38)27-9-5-6-14-33(27)30(37)19-32(39)24(4)8-7-15-40-32/h7,15-16,20,22-27,29,35,39H,5-6,8-14,17-19H2,1-4H3/b21-16+/t22-,23-,24-,25-,26-,27+,29+,32+/m1/s1. The molecule has 0 aromatic rings. The lowest BCUT2D eigenvalue weighted by Crippen LogP contribution is -2.53. The first-order chi connectivity index (χ1) is 19.4. The number of amides is 1. The summed E-state index contributed by atoms with van der Waals surface area (Å²) in [5.74, 6) is -3.15. The van der Waals surface area contributed by atoms with E-state index in [1.807, 2.05) is 13.8 Å². The average molecular weight is 576 g/mol. The van der Waals surface area contributed by atoms with Crippen LogP contribution in [0.15, 0.2) is 24.0 Å². The number of aliphatic hydroxyl groups is 2. The largest absolute Gasteiger partial charge is 0.470 e. The van der Waals surface area contributed by atoms with Crippen LogP contribution in [0.25, 0.3) is 0 Å². The molecule has 1 saturated carbocycles. The minimum absolute atomic E-state index is 0.0180. The first-order valence-corrected chi connectivity index (χ1v) is 15.3. The maximum Gasteiger partial charge on any atom is 0.329 e. The van der Waals surface area contributed by atoms with Gasteiger partial charge in [-0.2, -0.15) is 0 Å². The molecule has 41 heavy (non-hydrogen) atoms. The number of carbonyl (C=O) groups excluding carboxylic acids is 4. The summed E-state index contributed by atoms with van der Waals surface area (Å²) in [6, 6.07) is -0.793. The molecule has 1 aliphatic carbocycles. The molecule has 0 aromatic heterocycles. The summed E-state index contributed by atoms with van der Waals surface area (Å²) in [6.45, 7) is 7.57. The summed E-state index contributed by atoms with van der Waals surface area (Å²) >= 11 is 0. The highest BCUT2D eigenvalue weighted by atomic mass is 16.6. The Morgan fingerprint density at radius 3 is 2.51 bits per heavy atom. The van der Waals surface area contributed by atoms with Crippen LogP contribution in [0.2, 0.25) is 0 Å². The Morgan fingerprint density at radius 2 is 1.85 bits per heavy atom. The van der Waals surface area contributed by atoms with Gasteiger partial charge in [0.05, 0.1) is 18.8 Å². The van der Waals surface area contributed by atoms with Gasteiger partial charge in [0.15, 0.2) is 0 Å². The Morgan fingerprint density at radius 1 is 1.15 bits per heavy atom. The van der Waals surface area contributed by atoms with Gasteiger partial charge in [0.2, 0.25) is 11.7 Å². The Kier molecular flexibility index (Phi) is 12.1. The van der Waals surface area contributed by atoms with E-state index in [1.165, 1.54) is 11.2 Å². The van der Waals surface area contributed by atoms with Gasteiger partial charge >= 0.3 is 5.97 Å². The number of nitrogens with zero attached hydrogens (tertiary/aromatic N) is 1. The molecule has 1 saturated heterocycles. The van der Waals surface area contributed by atoms with E-state index in [9.17, 15) is 29.4 Å². The monoisotopic (exact) mass is 575 g/mol. The summed E-state index contributed by atoms with van der Waals surface area (Å²) in [4.78, 5) is 52.8. The second-order valence-electron chi connectivity index (χ2n) is 12.6. The van der Waals surface area contributed by atoms with Gasteiger partial charge in [-0.05, 0) is 88.2 Å². The average Bonchev–Trinajstić information content (AvgIpc) is 2.95. The number of ether oxygens (including phenoxy) is 2. The van der Waals surface area contributed by atoms with E-state index in [-0.39, 0.29) is 42.5 Å². The highest BCUT2D eigenvalue weighted by molar-refractivity contribution is 5.87. The molecule has 0 aromatic carbocycles. The molecular formula is C32H49NO8. The van der Waals surface area contributed by atoms with Crippen LogP contribution in [0, 0.1) is 23.7 Å². The quantitative estimate of drug-likeness (QED) is 0.201. The molecule has 3 aliphatic rings. The van der Waals surface area contributed by atoms with Crippen molar-refractivity contribution in [3.8, 4) is 0 Å². The van der Waals surface area contributed by atoms with Crippen molar-refractivity contribution in [1.29, 1.82) is 0 Å². The fourth-order valence-electron chi connectivity index (χ4n) is 6.29. The van der Waals surface area contributed by atoms with Crippen molar-refractivity contribution in [3.05, 3.63) is 24.0 Å². The lowest BCUT2D eigenvalue weighted by molar-refractivity contribution is -0.215. The normalized spacial score (nSPS) is 31.0. The number of Topliss-reactive ketones (excluding diaryl/α,β-unsaturated/α-hetero) is 1. The lowest BCUT2D eigenvalue weighted by Gasteiger charge is -2.39. The Labute approximate surface area is 244 Å². The van der Waals surface area contributed by atoms with Gasteiger partial charge in [0.25, 0.3) is 0 Å². The summed E-state index contributed by atoms with van der Waals surface area (Å²) in [7, 11) is 0. The minimum atomic E-state index is -1.63. The zero-order chi connectivity index (χ0) is 30.2. The number of piperidine rings is 1. The van der Waals surface area contributed by atoms with E-state index >= 15 is 0 Å². The molecule has 1 amide bonds. The Bertz CT molecular complexity index is 984. The smallest absolute Gasteiger partial charge is 0.329 e. The van der Waals surface area contributed by atoms with E-state index in [0.717, 1.165) is 44.9 Å². The van der Waals surface area contributed by atoms with Gasteiger partial charge in [0, 0.05) is 24.8 Å². The first kappa shape index (κ1) is 33.0. The van der Waals surface area contributed by atoms with Gasteiger partial charge in [-0.15, -0.1) is 0 Å². The van der Waals surface area contributed by atoms with Gasteiger partial charge in [0.1, 0.15) is 24.2 Å². The molecule has 0 unspecified atom stereocenters. The lowest BCUT2D eigenvalue weighted by atomic mass is 9.79. The highest BCUT2D eigenvalue weighted by Gasteiger charge is 2.43. The number of ketones is 1. The van der Waals surface area contributed by atoms with Gasteiger partial charge < -0.3 is 24.6 Å². The maximum atomic E-state index is 13.7. The van der Waals surface area contributed by atoms with E-state index in [4.69, 9.17) is 9.47 Å². The Balaban J connectivity index is 1.73. The molecule has 2 aliphatic heterocycles. The van der Waals surface area contributed by atoms with Crippen molar-refractivity contribution < 1.29 is 38.9 Å². The second-order valence-corrected chi connectivity index (χ2v) is 12.6. The molecule has 230 valence electrons. The summed E-state index contributed by atoms with van der Waals surface area (Å²) in [5, 5.41) is 20.9. The Hall–Kier alpha value is -2.52. The number of rotatable bonds is 12. The SMILES string of the molecule is C/C(C=O)=C\[C@@H](C)C(=O)C[C@H](OC(=O)[C@@H]1CCCCN1C(=O)C[C@]1(O)OC=CC[C@H]1C)[C@H](C)C[C@H]1CC[C@H](O)CC1. The topological polar surface area (TPSA) is 130 Å². The third kappa shape index (κ3) is 9.23. The number of hydrogen-bond donors (Lipinski definition) is 2. The summed E-state index contributed by atoms with van der Waals surface area (Å²) in [5.41, 5.74) is 0.470. The van der Waals surface area contributed by atoms with Crippen LogP contribution in [-0.4, -0.2) is 69.6 Å². The maximum absolute atomic E-state index is 13.7. The molecule has 9 heteroatoms. The fourth-order valence-corrected chi connectivity index (χ4v) is 6.29. The molecule has 0 bridgehead atoms. The number of hydrogen-bond acceptors (Lipinski definition) is 8. The number of likely N-dealkylation sites (tertiary alicyclic amines) is 1. The fraction of sp³-hybridized carbons (Fsp3) is 0.750. The first-order valence-electron chi connectivity index (χ1n) is 15.3. The van der Waals surface area contributed by atoms with Crippen molar-refractivity contribution in [1.82, 2.24) is 4.90 Å². The number of allylic oxidation sites excluding steroid dienone is 3. The van der Waals surface area contributed by atoms with E-state index < -0.39 is 29.8 Å². The van der Waals surface area contributed by atoms with Crippen molar-refractivity contribution in [3.63, 3.8) is 0 Å². The van der Waals surface area contributed by atoms with Gasteiger partial charge in [-0.3, -0.25) is 14.4 Å². The van der Waals surface area contributed by atoms with Crippen LogP contribution < -0.4 is 0 Å². The van der Waals surface area contributed by atoms with Crippen molar-refractivity contribution >= 4 is 23.9 Å². The van der Waals surface area contributed by atoms with Crippen LogP contribution in [0.1, 0.15) is 98.3 Å². The minimum Gasteiger partial charge on any atom is -0.470 e. The molecule has 2 fully saturated rings. The molecule has 0 spiro atoms. The molecule has 6 atom stereocenters. The highest BCUT2D eigenvalue weighted by Crippen LogP contribution is 2.34. The van der Waals surface area contributed by atoms with Crippen LogP contribution >= 0.6 is 0 Å². The molecule has 9 nitrogen and oxygen atoms in total. The molecule has 3 rings (SSSR count). The van der Waals surface area contributed by atoms with Crippen LogP contribution in [0.3, 0.4) is 0 Å². The third-order valence-corrected chi connectivity index (χ3v) is 9.16.